The van der Waals surface area contributed by atoms with Crippen LogP contribution in [-0.4, -0.2) is 29.9 Å². The molecule has 1 N–H and O–H groups in total. The third kappa shape index (κ3) is 3.67. The maximum atomic E-state index is 13.4. The smallest absolute Gasteiger partial charge is 0.348 e. The molecule has 2 aromatic carbocycles. The first kappa shape index (κ1) is 18.6. The molecule has 4 heteroatoms. The summed E-state index contributed by atoms with van der Waals surface area (Å²) in [7, 11) is 0. The number of aliphatic hydroxyl groups is 1. The molecule has 4 nitrogen and oxygen atoms in total. The van der Waals surface area contributed by atoms with Crippen molar-refractivity contribution in [2.24, 2.45) is 0 Å². The van der Waals surface area contributed by atoms with Crippen molar-refractivity contribution < 1.29 is 19.4 Å². The van der Waals surface area contributed by atoms with Gasteiger partial charge in [-0.25, -0.2) is 4.79 Å². The Kier molecular flexibility index (Phi) is 6.07. The molecule has 0 heterocycles. The van der Waals surface area contributed by atoms with Crippen LogP contribution in [0.2, 0.25) is 0 Å². The lowest BCUT2D eigenvalue weighted by atomic mass is 9.85. The van der Waals surface area contributed by atoms with E-state index in [-0.39, 0.29) is 0 Å². The molecular weight excluding hydrogens is 328 g/mol. The number of hydrogen-bond donors (Lipinski definition) is 1. The summed E-state index contributed by atoms with van der Waals surface area (Å²) in [5.74, 6) is -0.470. The Hall–Kier alpha value is -2.17. The average molecular weight is 354 g/mol. The number of aliphatic hydroxyl groups excluding tert-OH is 1. The number of carbonyl (C=O) groups excluding carboxylic acids is 1. The summed E-state index contributed by atoms with van der Waals surface area (Å²) in [4.78, 5) is 13.4. The van der Waals surface area contributed by atoms with Crippen molar-refractivity contribution in [2.45, 2.75) is 50.4 Å². The summed E-state index contributed by atoms with van der Waals surface area (Å²) < 4.78 is 11.9. The summed E-state index contributed by atoms with van der Waals surface area (Å²) in [6, 6.07) is 18.8. The molecule has 0 radical (unpaired) electrons. The topological polar surface area (TPSA) is 55.8 Å². The Morgan fingerprint density at radius 2 is 1.54 bits per heavy atom. The minimum atomic E-state index is -1.34. The van der Waals surface area contributed by atoms with Crippen LogP contribution < -0.4 is 0 Å². The number of benzene rings is 2. The van der Waals surface area contributed by atoms with E-state index in [1.807, 2.05) is 67.6 Å². The fraction of sp³-hybridized carbons (Fsp3) is 0.409. The van der Waals surface area contributed by atoms with Crippen LogP contribution in [0.15, 0.2) is 60.7 Å². The summed E-state index contributed by atoms with van der Waals surface area (Å²) >= 11 is 0. The van der Waals surface area contributed by atoms with Crippen LogP contribution >= 0.6 is 0 Å². The van der Waals surface area contributed by atoms with Crippen LogP contribution in [0, 0.1) is 0 Å². The molecule has 0 amide bonds. The van der Waals surface area contributed by atoms with E-state index in [9.17, 15) is 9.90 Å². The SMILES string of the molecule is CCOC(C(=O)O[C@@H]1CCCC[C@@H]1O)(c1ccccc1)c1ccccc1. The van der Waals surface area contributed by atoms with Crippen LogP contribution in [-0.2, 0) is 19.9 Å². The number of carbonyl (C=O) groups is 1. The molecule has 2 atom stereocenters. The van der Waals surface area contributed by atoms with Gasteiger partial charge in [-0.1, -0.05) is 67.1 Å². The van der Waals surface area contributed by atoms with E-state index in [1.54, 1.807) is 0 Å². The second-order valence-corrected chi connectivity index (χ2v) is 6.64. The molecule has 0 aliphatic heterocycles. The molecule has 1 aliphatic rings. The summed E-state index contributed by atoms with van der Waals surface area (Å²) in [5, 5.41) is 10.2. The van der Waals surface area contributed by atoms with Crippen molar-refractivity contribution in [3.63, 3.8) is 0 Å². The van der Waals surface area contributed by atoms with Gasteiger partial charge >= 0.3 is 5.97 Å². The lowest BCUT2D eigenvalue weighted by Gasteiger charge is -2.35. The van der Waals surface area contributed by atoms with Crippen LogP contribution in [0.25, 0.3) is 0 Å². The van der Waals surface area contributed by atoms with Gasteiger partial charge in [0.2, 0.25) is 5.60 Å². The minimum absolute atomic E-state index is 0.353. The van der Waals surface area contributed by atoms with E-state index in [0.29, 0.717) is 19.4 Å². The molecule has 26 heavy (non-hydrogen) atoms. The van der Waals surface area contributed by atoms with Crippen molar-refractivity contribution in [2.75, 3.05) is 6.61 Å². The van der Waals surface area contributed by atoms with Gasteiger partial charge in [0, 0.05) is 6.61 Å². The third-order valence-corrected chi connectivity index (χ3v) is 4.94. The van der Waals surface area contributed by atoms with E-state index in [4.69, 9.17) is 9.47 Å². The zero-order chi connectivity index (χ0) is 18.4. The van der Waals surface area contributed by atoms with Gasteiger partial charge < -0.3 is 14.6 Å². The molecule has 0 saturated heterocycles. The standard InChI is InChI=1S/C22H26O4/c1-2-25-22(17-11-5-3-6-12-17,18-13-7-4-8-14-18)21(24)26-20-16-10-9-15-19(20)23/h3-8,11-14,19-20,23H,2,9-10,15-16H2,1H3/t19-,20+/m0/s1. The Labute approximate surface area is 154 Å². The molecule has 2 aromatic rings. The molecular formula is C22H26O4. The van der Waals surface area contributed by atoms with Gasteiger partial charge in [-0.05, 0) is 37.3 Å². The lowest BCUT2D eigenvalue weighted by Crippen LogP contribution is -2.45. The molecule has 1 saturated carbocycles. The largest absolute Gasteiger partial charge is 0.457 e. The predicted octanol–water partition coefficient (Wildman–Crippen LogP) is 3.81. The van der Waals surface area contributed by atoms with Crippen molar-refractivity contribution in [3.8, 4) is 0 Å². The Balaban J connectivity index is 2.03. The highest BCUT2D eigenvalue weighted by Crippen LogP contribution is 2.36. The number of hydrogen-bond acceptors (Lipinski definition) is 4. The van der Waals surface area contributed by atoms with E-state index in [0.717, 1.165) is 24.0 Å². The van der Waals surface area contributed by atoms with E-state index in [1.165, 1.54) is 0 Å². The normalized spacial score (nSPS) is 20.5. The molecule has 0 aromatic heterocycles. The second-order valence-electron chi connectivity index (χ2n) is 6.64. The third-order valence-electron chi connectivity index (χ3n) is 4.94. The van der Waals surface area contributed by atoms with Gasteiger partial charge in [0.15, 0.2) is 0 Å². The zero-order valence-corrected chi connectivity index (χ0v) is 15.1. The first-order valence-corrected chi connectivity index (χ1v) is 9.32. The molecule has 0 bridgehead atoms. The number of rotatable bonds is 6. The van der Waals surface area contributed by atoms with Crippen molar-refractivity contribution in [1.29, 1.82) is 0 Å². The second kappa shape index (κ2) is 8.47. The van der Waals surface area contributed by atoms with Gasteiger partial charge in [0.05, 0.1) is 6.10 Å². The molecule has 0 spiro atoms. The van der Waals surface area contributed by atoms with Crippen molar-refractivity contribution in [3.05, 3.63) is 71.8 Å². The van der Waals surface area contributed by atoms with Crippen molar-refractivity contribution >= 4 is 5.97 Å². The highest BCUT2D eigenvalue weighted by molar-refractivity contribution is 5.86. The first-order chi connectivity index (χ1) is 12.7. The fourth-order valence-electron chi connectivity index (χ4n) is 3.63. The highest BCUT2D eigenvalue weighted by Gasteiger charge is 2.46. The summed E-state index contributed by atoms with van der Waals surface area (Å²) in [6.45, 7) is 2.22. The predicted molar refractivity (Wildman–Crippen MR) is 99.6 cm³/mol. The Bertz CT molecular complexity index is 659. The van der Waals surface area contributed by atoms with E-state index < -0.39 is 23.8 Å². The van der Waals surface area contributed by atoms with Crippen LogP contribution in [0.3, 0.4) is 0 Å². The van der Waals surface area contributed by atoms with Crippen molar-refractivity contribution in [1.82, 2.24) is 0 Å². The van der Waals surface area contributed by atoms with Gasteiger partial charge in [0.25, 0.3) is 0 Å². The Morgan fingerprint density at radius 3 is 2.04 bits per heavy atom. The van der Waals surface area contributed by atoms with Crippen LogP contribution in [0.1, 0.15) is 43.7 Å². The molecule has 0 unspecified atom stereocenters. The van der Waals surface area contributed by atoms with E-state index in [2.05, 4.69) is 0 Å². The molecule has 1 fully saturated rings. The monoisotopic (exact) mass is 354 g/mol. The molecule has 3 rings (SSSR count). The Morgan fingerprint density at radius 1 is 1.00 bits per heavy atom. The quantitative estimate of drug-likeness (QED) is 0.802. The first-order valence-electron chi connectivity index (χ1n) is 9.32. The van der Waals surface area contributed by atoms with Gasteiger partial charge in [-0.15, -0.1) is 0 Å². The lowest BCUT2D eigenvalue weighted by molar-refractivity contribution is -0.181. The maximum Gasteiger partial charge on any atom is 0.348 e. The number of ether oxygens (including phenoxy) is 2. The maximum absolute atomic E-state index is 13.4. The summed E-state index contributed by atoms with van der Waals surface area (Å²) in [6.07, 6.45) is 2.16. The average Bonchev–Trinajstić information content (AvgIpc) is 2.69. The van der Waals surface area contributed by atoms with Gasteiger partial charge in [-0.2, -0.15) is 0 Å². The highest BCUT2D eigenvalue weighted by atomic mass is 16.6. The zero-order valence-electron chi connectivity index (χ0n) is 15.1. The van der Waals surface area contributed by atoms with Crippen LogP contribution in [0.5, 0.6) is 0 Å². The summed E-state index contributed by atoms with van der Waals surface area (Å²) in [5.41, 5.74) is 0.112. The molecule has 1 aliphatic carbocycles. The van der Waals surface area contributed by atoms with Gasteiger partial charge in [0.1, 0.15) is 6.10 Å². The number of esters is 1. The van der Waals surface area contributed by atoms with Gasteiger partial charge in [-0.3, -0.25) is 0 Å². The van der Waals surface area contributed by atoms with Crippen LogP contribution in [0.4, 0.5) is 0 Å². The fourth-order valence-corrected chi connectivity index (χ4v) is 3.63. The minimum Gasteiger partial charge on any atom is -0.457 e. The van der Waals surface area contributed by atoms with E-state index >= 15 is 0 Å². The molecule has 138 valence electrons.